The number of ether oxygens (including phenoxy) is 4. The molecule has 0 radical (unpaired) electrons. The summed E-state index contributed by atoms with van der Waals surface area (Å²) < 4.78 is 37.5. The summed E-state index contributed by atoms with van der Waals surface area (Å²) in [6, 6.07) is 55.2. The van der Waals surface area contributed by atoms with E-state index in [0.29, 0.717) is 37.9 Å². The molecule has 0 spiro atoms. The number of hydrogen-bond acceptors (Lipinski definition) is 4. The van der Waals surface area contributed by atoms with Gasteiger partial charge in [0.25, 0.3) is 0 Å². The van der Waals surface area contributed by atoms with Crippen LogP contribution in [0.5, 0.6) is 0 Å². The van der Waals surface area contributed by atoms with Crippen molar-refractivity contribution in [2.75, 3.05) is 6.61 Å². The Hall–Kier alpha value is -4.81. The molecular formula is C50H49ClO4. The van der Waals surface area contributed by atoms with E-state index >= 15 is 0 Å². The van der Waals surface area contributed by atoms with Crippen molar-refractivity contribution >= 4 is 17.2 Å². The van der Waals surface area contributed by atoms with E-state index in [1.165, 1.54) is 11.1 Å². The van der Waals surface area contributed by atoms with E-state index in [-0.39, 0.29) is 6.61 Å². The molecular weight excluding hydrogens is 700 g/mol. The van der Waals surface area contributed by atoms with Crippen molar-refractivity contribution in [2.45, 2.75) is 64.5 Å². The molecule has 4 atom stereocenters. The monoisotopic (exact) mass is 749 g/mol. The Morgan fingerprint density at radius 2 is 1.02 bits per heavy atom. The van der Waals surface area contributed by atoms with E-state index < -0.39 is 24.2 Å². The molecule has 1 aliphatic carbocycles. The fourth-order valence-corrected chi connectivity index (χ4v) is 7.18. The number of rotatable bonds is 17. The van der Waals surface area contributed by atoms with Crippen LogP contribution in [0.1, 0.15) is 52.8 Å². The Bertz CT molecular complexity index is 2130. The first-order valence-corrected chi connectivity index (χ1v) is 19.5. The maximum absolute atomic E-state index is 10.3. The molecule has 1 aliphatic rings. The quantitative estimate of drug-likeness (QED) is 0.0930. The zero-order chi connectivity index (χ0) is 38.6. The summed E-state index contributed by atoms with van der Waals surface area (Å²) in [4.78, 5) is 0. The maximum atomic E-state index is 10.3. The molecule has 0 fully saturated rings. The van der Waals surface area contributed by atoms with Gasteiger partial charge in [-0.2, -0.15) is 0 Å². The van der Waals surface area contributed by atoms with Crippen molar-refractivity contribution in [2.24, 2.45) is 5.89 Å². The molecule has 0 bridgehead atoms. The molecule has 4 nitrogen and oxygen atoms in total. The van der Waals surface area contributed by atoms with Crippen molar-refractivity contribution < 1.29 is 20.3 Å². The van der Waals surface area contributed by atoms with Gasteiger partial charge in [0.05, 0.1) is 39.1 Å². The van der Waals surface area contributed by atoms with Crippen LogP contribution in [0.4, 0.5) is 0 Å². The predicted molar refractivity (Wildman–Crippen MR) is 223 cm³/mol. The summed E-state index contributed by atoms with van der Waals surface area (Å²) in [6.45, 7) is 3.56. The lowest BCUT2D eigenvalue weighted by Gasteiger charge is -2.42. The van der Waals surface area contributed by atoms with E-state index in [1.54, 1.807) is 0 Å². The average Bonchev–Trinajstić information content (AvgIpc) is 3.24. The molecule has 0 N–H and O–H groups in total. The first-order chi connectivity index (χ1) is 27.5. The van der Waals surface area contributed by atoms with Gasteiger partial charge in [0.1, 0.15) is 12.2 Å². The second-order valence-electron chi connectivity index (χ2n) is 14.0. The molecule has 0 saturated carbocycles. The normalized spacial score (nSPS) is 19.8. The molecule has 0 amide bonds. The van der Waals surface area contributed by atoms with E-state index in [4.69, 9.17) is 30.5 Å². The number of halogens is 1. The van der Waals surface area contributed by atoms with Crippen LogP contribution >= 0.6 is 11.6 Å². The largest absolute Gasteiger partial charge is 0.376 e. The average molecular weight is 750 g/mol. The second-order valence-corrected chi connectivity index (χ2v) is 14.4. The SMILES string of the molecule is [2H][C@]1(COCc2ccccc2)C=C(c2ccc(Cl)c(Cc3ccc(CC)cc3)c2)[C@H](OCc2ccccc2)[C@@H](OCc2ccccc2)[C@@H]1OCc1ccccc1. The van der Waals surface area contributed by atoms with Crippen molar-refractivity contribution in [1.82, 2.24) is 0 Å². The summed E-state index contributed by atoms with van der Waals surface area (Å²) in [5, 5.41) is 0.691. The molecule has 0 aromatic heterocycles. The van der Waals surface area contributed by atoms with Gasteiger partial charge >= 0.3 is 0 Å². The van der Waals surface area contributed by atoms with Crippen LogP contribution in [-0.4, -0.2) is 24.9 Å². The first kappa shape index (κ1) is 37.1. The smallest absolute Gasteiger partial charge is 0.115 e. The van der Waals surface area contributed by atoms with Crippen molar-refractivity contribution in [3.8, 4) is 0 Å². The minimum absolute atomic E-state index is 0.0751. The van der Waals surface area contributed by atoms with Gasteiger partial charge in [-0.25, -0.2) is 0 Å². The van der Waals surface area contributed by atoms with Gasteiger partial charge in [-0.1, -0.05) is 176 Å². The van der Waals surface area contributed by atoms with Gasteiger partial charge in [0.15, 0.2) is 0 Å². The van der Waals surface area contributed by atoms with Crippen LogP contribution in [0.3, 0.4) is 0 Å². The van der Waals surface area contributed by atoms with Gasteiger partial charge in [-0.05, 0) is 75.1 Å². The third-order valence-electron chi connectivity index (χ3n) is 10.0. The van der Waals surface area contributed by atoms with Gasteiger partial charge in [0.2, 0.25) is 0 Å². The summed E-state index contributed by atoms with van der Waals surface area (Å²) in [7, 11) is 0. The van der Waals surface area contributed by atoms with Crippen LogP contribution in [0.25, 0.3) is 5.57 Å². The van der Waals surface area contributed by atoms with E-state index in [9.17, 15) is 1.37 Å². The summed E-state index contributed by atoms with van der Waals surface area (Å²) >= 11 is 6.92. The Morgan fingerprint density at radius 1 is 0.527 bits per heavy atom. The molecule has 6 aromatic rings. The number of aryl methyl sites for hydroxylation is 1. The van der Waals surface area contributed by atoms with Crippen LogP contribution in [0, 0.1) is 5.89 Å². The highest BCUT2D eigenvalue weighted by Gasteiger charge is 2.43. The van der Waals surface area contributed by atoms with Crippen LogP contribution in [0.15, 0.2) is 170 Å². The van der Waals surface area contributed by atoms with Crippen molar-refractivity contribution in [1.29, 1.82) is 0 Å². The Balaban J connectivity index is 1.31. The molecule has 0 saturated heterocycles. The van der Waals surface area contributed by atoms with Gasteiger partial charge in [-0.15, -0.1) is 0 Å². The summed E-state index contributed by atoms with van der Waals surface area (Å²) in [5.41, 5.74) is 9.34. The van der Waals surface area contributed by atoms with Crippen LogP contribution in [0.2, 0.25) is 5.02 Å². The lowest BCUT2D eigenvalue weighted by molar-refractivity contribution is -0.158. The maximum Gasteiger partial charge on any atom is 0.115 e. The highest BCUT2D eigenvalue weighted by atomic mass is 35.5. The molecule has 0 unspecified atom stereocenters. The van der Waals surface area contributed by atoms with Crippen molar-refractivity contribution in [3.05, 3.63) is 219 Å². The molecule has 0 aliphatic heterocycles. The number of benzene rings is 6. The van der Waals surface area contributed by atoms with Gasteiger partial charge in [0, 0.05) is 12.3 Å². The molecule has 7 rings (SSSR count). The second kappa shape index (κ2) is 19.7. The van der Waals surface area contributed by atoms with E-state index in [1.807, 2.05) is 115 Å². The van der Waals surface area contributed by atoms with Crippen molar-refractivity contribution in [3.63, 3.8) is 0 Å². The lowest BCUT2D eigenvalue weighted by atomic mass is 9.80. The molecule has 0 heterocycles. The molecule has 55 heavy (non-hydrogen) atoms. The molecule has 5 heteroatoms. The zero-order valence-corrected chi connectivity index (χ0v) is 32.1. The molecule has 280 valence electrons. The van der Waals surface area contributed by atoms with Gasteiger partial charge < -0.3 is 18.9 Å². The summed E-state index contributed by atoms with van der Waals surface area (Å²) in [5.74, 6) is -1.36. The Kier molecular flexibility index (Phi) is 13.3. The standard InChI is InChI=1S/C50H49ClO4/c1-2-37-23-25-38(26-24-37)29-44-30-43(27-28-47(44)51)46-31-45(36-52-32-39-15-7-3-8-16-39)48(53-33-40-17-9-4-10-18-40)50(55-35-42-21-13-6-14-22-42)49(46)54-34-41-19-11-5-12-20-41/h3-28,30-31,45,48-50H,2,29,32-36H2,1H3/t45-,48-,49+,50+/m1/s1/i45D. The van der Waals surface area contributed by atoms with E-state index in [2.05, 4.69) is 61.5 Å². The minimum atomic E-state index is -1.36. The van der Waals surface area contributed by atoms with Crippen LogP contribution in [-0.2, 0) is 58.2 Å². The fourth-order valence-electron chi connectivity index (χ4n) is 6.99. The lowest BCUT2D eigenvalue weighted by Crippen LogP contribution is -2.50. The van der Waals surface area contributed by atoms with E-state index in [0.717, 1.165) is 45.4 Å². The van der Waals surface area contributed by atoms with Gasteiger partial charge in [-0.3, -0.25) is 0 Å². The molecule has 6 aromatic carbocycles. The topological polar surface area (TPSA) is 36.9 Å². The third-order valence-corrected chi connectivity index (χ3v) is 10.4. The summed E-state index contributed by atoms with van der Waals surface area (Å²) in [6.07, 6.45) is 1.63. The minimum Gasteiger partial charge on any atom is -0.376 e. The first-order valence-electron chi connectivity index (χ1n) is 19.6. The van der Waals surface area contributed by atoms with Crippen LogP contribution < -0.4 is 0 Å². The Morgan fingerprint density at radius 3 is 1.56 bits per heavy atom. The Labute approximate surface area is 332 Å². The predicted octanol–water partition coefficient (Wildman–Crippen LogP) is 11.5. The number of hydrogen-bond donors (Lipinski definition) is 0. The highest BCUT2D eigenvalue weighted by molar-refractivity contribution is 6.31. The third kappa shape index (κ3) is 10.7. The highest BCUT2D eigenvalue weighted by Crippen LogP contribution is 2.39. The zero-order valence-electron chi connectivity index (χ0n) is 32.4. The fraction of sp³-hybridized carbons (Fsp3) is 0.240.